The maximum absolute atomic E-state index is 12.8. The molecule has 2 aromatic heterocycles. The van der Waals surface area contributed by atoms with Gasteiger partial charge in [0.25, 0.3) is 0 Å². The monoisotopic (exact) mass is 646 g/mol. The van der Waals surface area contributed by atoms with E-state index in [1.165, 1.54) is 11.0 Å². The molecule has 3 aliphatic heterocycles. The molecule has 244 valence electrons. The van der Waals surface area contributed by atoms with Gasteiger partial charge in [0, 0.05) is 94.2 Å². The second-order valence-electron chi connectivity index (χ2n) is 11.9. The lowest BCUT2D eigenvalue weighted by Crippen LogP contribution is -2.50. The average Bonchev–Trinajstić information content (AvgIpc) is 3.73. The molecule has 0 aliphatic carbocycles. The zero-order valence-corrected chi connectivity index (χ0v) is 27.2. The van der Waals surface area contributed by atoms with Crippen LogP contribution in [0.4, 0.5) is 5.82 Å². The molecule has 1 aromatic carbocycles. The number of ketones is 1. The minimum Gasteiger partial charge on any atom is -0.378 e. The molecule has 2 amide bonds. The number of benzene rings is 1. The highest BCUT2D eigenvalue weighted by Crippen LogP contribution is 2.43. The molecule has 2 saturated heterocycles. The maximum atomic E-state index is 12.8. The van der Waals surface area contributed by atoms with Crippen molar-refractivity contribution in [2.45, 2.75) is 49.2 Å². The average molecular weight is 647 g/mol. The summed E-state index contributed by atoms with van der Waals surface area (Å²) in [7, 11) is 0. The molecular weight excluding hydrogens is 604 g/mol. The number of hydrogen-bond donors (Lipinski definition) is 2. The number of nitrogens with zero attached hydrogens (tertiary/aromatic N) is 6. The van der Waals surface area contributed by atoms with Gasteiger partial charge in [0.15, 0.2) is 11.6 Å². The molecule has 1 unspecified atom stereocenters. The molecule has 12 nitrogen and oxygen atoms in total. The number of aromatic nitrogens is 4. The third kappa shape index (κ3) is 7.76. The molecular formula is C33H42N8O4S. The van der Waals surface area contributed by atoms with Crippen molar-refractivity contribution in [3.8, 4) is 11.4 Å². The first kappa shape index (κ1) is 32.1. The van der Waals surface area contributed by atoms with Crippen LogP contribution in [-0.2, 0) is 25.5 Å². The van der Waals surface area contributed by atoms with Crippen molar-refractivity contribution in [3.63, 3.8) is 0 Å². The Morgan fingerprint density at radius 3 is 2.70 bits per heavy atom. The molecule has 6 rings (SSSR count). The van der Waals surface area contributed by atoms with Crippen molar-refractivity contribution >= 4 is 46.1 Å². The van der Waals surface area contributed by atoms with Crippen LogP contribution in [0.25, 0.3) is 22.3 Å². The van der Waals surface area contributed by atoms with Gasteiger partial charge in [-0.25, -0.2) is 9.97 Å². The van der Waals surface area contributed by atoms with E-state index in [2.05, 4.69) is 31.4 Å². The van der Waals surface area contributed by atoms with E-state index in [9.17, 15) is 14.4 Å². The second kappa shape index (κ2) is 15.2. The molecule has 0 spiro atoms. The Labute approximate surface area is 273 Å². The number of hydrogen-bond acceptors (Lipinski definition) is 10. The highest BCUT2D eigenvalue weighted by Gasteiger charge is 2.33. The minimum atomic E-state index is -0.152. The van der Waals surface area contributed by atoms with Gasteiger partial charge in [0.1, 0.15) is 5.82 Å². The Morgan fingerprint density at radius 1 is 1.07 bits per heavy atom. The van der Waals surface area contributed by atoms with Gasteiger partial charge in [-0.2, -0.15) is 5.10 Å². The van der Waals surface area contributed by atoms with E-state index in [0.29, 0.717) is 50.9 Å². The van der Waals surface area contributed by atoms with Crippen LogP contribution >= 0.6 is 11.8 Å². The van der Waals surface area contributed by atoms with Gasteiger partial charge in [-0.1, -0.05) is 18.2 Å². The summed E-state index contributed by atoms with van der Waals surface area (Å²) in [6, 6.07) is 6.09. The number of fused-ring (bicyclic) bond motifs is 2. The molecule has 3 aliphatic rings. The lowest BCUT2D eigenvalue weighted by molar-refractivity contribution is -0.133. The summed E-state index contributed by atoms with van der Waals surface area (Å²) in [5.41, 5.74) is 3.06. The molecule has 13 heteroatoms. The zero-order valence-electron chi connectivity index (χ0n) is 26.4. The molecule has 3 aromatic rings. The highest BCUT2D eigenvalue weighted by atomic mass is 32.2. The van der Waals surface area contributed by atoms with E-state index in [1.807, 2.05) is 35.0 Å². The molecule has 0 bridgehead atoms. The van der Waals surface area contributed by atoms with Crippen molar-refractivity contribution < 1.29 is 19.1 Å². The summed E-state index contributed by atoms with van der Waals surface area (Å²) < 4.78 is 5.64. The molecule has 46 heavy (non-hydrogen) atoms. The van der Waals surface area contributed by atoms with Crippen LogP contribution in [0.15, 0.2) is 41.4 Å². The standard InChI is InChI=1S/C33H42N8O4S/c1-2-5-23(42)9-10-29(43)34-11-4-8-30(44)40-14-12-39(13-15-40)22-24-20-28-31(46-24)33(41-16-18-45-19-17-41)37-32(36-28)25-6-3-7-27-26(25)21-35-38-27/h2-3,5-7,21,24H,4,8-20,22H2,1H3,(H,34,43)(H,35,38)/b5-2+. The fraction of sp³-hybridized carbons (Fsp3) is 0.515. The Balaban J connectivity index is 1.01. The molecule has 0 saturated carbocycles. The van der Waals surface area contributed by atoms with Gasteiger partial charge in [-0.3, -0.25) is 24.4 Å². The van der Waals surface area contributed by atoms with E-state index < -0.39 is 0 Å². The van der Waals surface area contributed by atoms with Gasteiger partial charge in [-0.05, 0) is 25.5 Å². The van der Waals surface area contributed by atoms with Crippen molar-refractivity contribution in [3.05, 3.63) is 42.2 Å². The number of piperazine rings is 1. The SMILES string of the molecule is C/C=C/C(=O)CCC(=O)NCCCC(=O)N1CCN(CC2Cc3nc(-c4cccc5[nH]ncc45)nc(N4CCOCC4)c3S2)CC1. The second-order valence-corrected chi connectivity index (χ2v) is 13.2. The summed E-state index contributed by atoms with van der Waals surface area (Å²) in [6.45, 7) is 9.25. The Hall–Kier alpha value is -3.81. The fourth-order valence-corrected chi connectivity index (χ4v) is 7.63. The first-order chi connectivity index (χ1) is 22.5. The third-order valence-electron chi connectivity index (χ3n) is 8.69. The normalized spacial score (nSPS) is 18.8. The van der Waals surface area contributed by atoms with Crippen LogP contribution < -0.4 is 10.2 Å². The van der Waals surface area contributed by atoms with Crippen molar-refractivity contribution in [2.75, 3.05) is 70.5 Å². The smallest absolute Gasteiger partial charge is 0.222 e. The quantitative estimate of drug-likeness (QED) is 0.223. The summed E-state index contributed by atoms with van der Waals surface area (Å²) in [5.74, 6) is 1.67. The number of amides is 2. The van der Waals surface area contributed by atoms with Gasteiger partial charge in [-0.15, -0.1) is 11.8 Å². The van der Waals surface area contributed by atoms with Gasteiger partial charge in [0.05, 0.1) is 35.5 Å². The minimum absolute atomic E-state index is 0.0527. The number of H-pyrrole nitrogens is 1. The molecule has 0 radical (unpaired) electrons. The zero-order chi connectivity index (χ0) is 31.9. The van der Waals surface area contributed by atoms with E-state index in [-0.39, 0.29) is 30.4 Å². The summed E-state index contributed by atoms with van der Waals surface area (Å²) in [4.78, 5) is 54.5. The van der Waals surface area contributed by atoms with Crippen LogP contribution in [0.3, 0.4) is 0 Å². The highest BCUT2D eigenvalue weighted by molar-refractivity contribution is 8.00. The Bertz CT molecular complexity index is 1580. The number of thioether (sulfide) groups is 1. The summed E-state index contributed by atoms with van der Waals surface area (Å²) >= 11 is 1.88. The van der Waals surface area contributed by atoms with E-state index in [0.717, 1.165) is 72.9 Å². The van der Waals surface area contributed by atoms with E-state index in [4.69, 9.17) is 14.7 Å². The van der Waals surface area contributed by atoms with Gasteiger partial charge < -0.3 is 19.9 Å². The number of nitrogens with one attached hydrogen (secondary N) is 2. The fourth-order valence-electron chi connectivity index (χ4n) is 6.23. The number of carbonyl (C=O) groups excluding carboxylic acids is 3. The number of morpholine rings is 1. The van der Waals surface area contributed by atoms with E-state index >= 15 is 0 Å². The van der Waals surface area contributed by atoms with Crippen molar-refractivity contribution in [2.24, 2.45) is 0 Å². The number of anilines is 1. The lowest BCUT2D eigenvalue weighted by atomic mass is 10.1. The predicted molar refractivity (Wildman–Crippen MR) is 178 cm³/mol. The van der Waals surface area contributed by atoms with Crippen molar-refractivity contribution in [1.29, 1.82) is 0 Å². The number of carbonyl (C=O) groups is 3. The Kier molecular flexibility index (Phi) is 10.6. The molecule has 2 fully saturated rings. The number of allylic oxidation sites excluding steroid dienone is 2. The third-order valence-corrected chi connectivity index (χ3v) is 9.99. The van der Waals surface area contributed by atoms with Crippen LogP contribution in [0.1, 0.15) is 38.3 Å². The molecule has 5 heterocycles. The maximum Gasteiger partial charge on any atom is 0.222 e. The van der Waals surface area contributed by atoms with Crippen LogP contribution in [-0.4, -0.2) is 118 Å². The van der Waals surface area contributed by atoms with E-state index in [1.54, 1.807) is 13.0 Å². The van der Waals surface area contributed by atoms with Crippen LogP contribution in [0, 0.1) is 0 Å². The first-order valence-corrected chi connectivity index (χ1v) is 17.1. The van der Waals surface area contributed by atoms with Crippen LogP contribution in [0.5, 0.6) is 0 Å². The topological polar surface area (TPSA) is 137 Å². The lowest BCUT2D eigenvalue weighted by Gasteiger charge is -2.35. The summed E-state index contributed by atoms with van der Waals surface area (Å²) in [6.07, 6.45) is 7.25. The molecule has 2 N–H and O–H groups in total. The molecule has 1 atom stereocenters. The largest absolute Gasteiger partial charge is 0.378 e. The predicted octanol–water partition coefficient (Wildman–Crippen LogP) is 2.84. The number of aromatic amines is 1. The Morgan fingerprint density at radius 2 is 1.89 bits per heavy atom. The first-order valence-electron chi connectivity index (χ1n) is 16.2. The van der Waals surface area contributed by atoms with Crippen molar-refractivity contribution in [1.82, 2.24) is 35.3 Å². The number of ether oxygens (including phenoxy) is 1. The van der Waals surface area contributed by atoms with Gasteiger partial charge >= 0.3 is 0 Å². The summed E-state index contributed by atoms with van der Waals surface area (Å²) in [5, 5.41) is 11.5. The van der Waals surface area contributed by atoms with Gasteiger partial charge in [0.2, 0.25) is 11.8 Å². The van der Waals surface area contributed by atoms with Crippen LogP contribution in [0.2, 0.25) is 0 Å². The number of rotatable bonds is 12.